The Morgan fingerprint density at radius 1 is 1.57 bits per heavy atom. The Labute approximate surface area is 122 Å². The van der Waals surface area contributed by atoms with Crippen LogP contribution in [0.1, 0.15) is 40.7 Å². The molecule has 2 aromatic heterocycles. The van der Waals surface area contributed by atoms with E-state index in [-0.39, 0.29) is 11.9 Å². The van der Waals surface area contributed by atoms with Crippen molar-refractivity contribution < 1.29 is 14.1 Å². The second-order valence-corrected chi connectivity index (χ2v) is 5.07. The smallest absolute Gasteiger partial charge is 0.276 e. The van der Waals surface area contributed by atoms with Gasteiger partial charge >= 0.3 is 0 Å². The Morgan fingerprint density at radius 2 is 2.43 bits per heavy atom. The van der Waals surface area contributed by atoms with Gasteiger partial charge in [0.1, 0.15) is 17.6 Å². The van der Waals surface area contributed by atoms with Crippen LogP contribution in [0.25, 0.3) is 0 Å². The van der Waals surface area contributed by atoms with E-state index in [1.54, 1.807) is 17.2 Å². The number of hydrogen-bond acceptors (Lipinski definition) is 5. The number of morpholine rings is 1. The van der Waals surface area contributed by atoms with Crippen molar-refractivity contribution in [1.29, 1.82) is 0 Å². The molecule has 0 unspecified atom stereocenters. The van der Waals surface area contributed by atoms with Gasteiger partial charge in [-0.25, -0.2) is 4.98 Å². The number of rotatable bonds is 3. The summed E-state index contributed by atoms with van der Waals surface area (Å²) >= 11 is 0. The van der Waals surface area contributed by atoms with Crippen LogP contribution in [0, 0.1) is 6.92 Å². The molecule has 0 saturated carbocycles. The third kappa shape index (κ3) is 2.69. The van der Waals surface area contributed by atoms with Crippen LogP contribution in [0.3, 0.4) is 0 Å². The Morgan fingerprint density at radius 3 is 3.10 bits per heavy atom. The van der Waals surface area contributed by atoms with Crippen LogP contribution in [0.2, 0.25) is 0 Å². The van der Waals surface area contributed by atoms with E-state index in [0.717, 1.165) is 11.5 Å². The number of aromatic amines is 1. The number of carbonyl (C=O) groups excluding carboxylic acids is 1. The summed E-state index contributed by atoms with van der Waals surface area (Å²) in [6.07, 6.45) is 2.46. The third-order valence-corrected chi connectivity index (χ3v) is 3.55. The molecular formula is C14H18N4O3. The number of ether oxygens (including phenoxy) is 1. The number of imidazole rings is 1. The van der Waals surface area contributed by atoms with Gasteiger partial charge in [0.15, 0.2) is 5.69 Å². The molecular weight excluding hydrogens is 272 g/mol. The molecule has 2 aromatic rings. The topological polar surface area (TPSA) is 84.3 Å². The third-order valence-electron chi connectivity index (χ3n) is 3.55. The minimum absolute atomic E-state index is 0.152. The lowest BCUT2D eigenvalue weighted by atomic mass is 10.2. The second-order valence-electron chi connectivity index (χ2n) is 5.07. The van der Waals surface area contributed by atoms with Crippen LogP contribution in [-0.2, 0) is 11.2 Å². The van der Waals surface area contributed by atoms with Gasteiger partial charge in [-0.3, -0.25) is 4.79 Å². The van der Waals surface area contributed by atoms with Gasteiger partial charge in [-0.05, 0) is 6.92 Å². The lowest BCUT2D eigenvalue weighted by Crippen LogP contribution is -2.44. The van der Waals surface area contributed by atoms with Crippen molar-refractivity contribution >= 4 is 5.91 Å². The Hall–Kier alpha value is -2.15. The first kappa shape index (κ1) is 13.8. The first-order chi connectivity index (χ1) is 10.2. The second kappa shape index (κ2) is 5.69. The van der Waals surface area contributed by atoms with Gasteiger partial charge < -0.3 is 19.1 Å². The average Bonchev–Trinajstić information content (AvgIpc) is 3.15. The first-order valence-electron chi connectivity index (χ1n) is 7.05. The number of aromatic nitrogens is 3. The normalized spacial score (nSPS) is 19.0. The number of amides is 1. The molecule has 0 bridgehead atoms. The highest BCUT2D eigenvalue weighted by molar-refractivity contribution is 5.92. The van der Waals surface area contributed by atoms with Crippen molar-refractivity contribution in [3.05, 3.63) is 35.2 Å². The molecule has 0 aliphatic carbocycles. The van der Waals surface area contributed by atoms with E-state index in [9.17, 15) is 4.79 Å². The molecule has 0 radical (unpaired) electrons. The molecule has 21 heavy (non-hydrogen) atoms. The Balaban J connectivity index is 1.85. The summed E-state index contributed by atoms with van der Waals surface area (Å²) in [5.41, 5.74) is 1.29. The van der Waals surface area contributed by atoms with E-state index in [1.165, 1.54) is 0 Å². The molecule has 0 aromatic carbocycles. The molecule has 3 heterocycles. The van der Waals surface area contributed by atoms with Crippen LogP contribution >= 0.6 is 0 Å². The van der Waals surface area contributed by atoms with E-state index in [2.05, 4.69) is 15.1 Å². The van der Waals surface area contributed by atoms with E-state index >= 15 is 0 Å². The van der Waals surface area contributed by atoms with Gasteiger partial charge in [0.2, 0.25) is 0 Å². The first-order valence-corrected chi connectivity index (χ1v) is 7.05. The minimum Gasteiger partial charge on any atom is -0.377 e. The maximum atomic E-state index is 12.6. The van der Waals surface area contributed by atoms with Crippen molar-refractivity contribution in [1.82, 2.24) is 20.0 Å². The highest BCUT2D eigenvalue weighted by Gasteiger charge is 2.32. The molecule has 7 heteroatoms. The summed E-state index contributed by atoms with van der Waals surface area (Å²) in [5.74, 6) is 1.29. The fraction of sp³-hybridized carbons (Fsp3) is 0.500. The van der Waals surface area contributed by atoms with Gasteiger partial charge in [0, 0.05) is 30.9 Å². The van der Waals surface area contributed by atoms with E-state index < -0.39 is 0 Å². The number of nitrogens with one attached hydrogen (secondary N) is 1. The molecule has 1 fully saturated rings. The van der Waals surface area contributed by atoms with Crippen molar-refractivity contribution in [3.63, 3.8) is 0 Å². The fourth-order valence-electron chi connectivity index (χ4n) is 2.40. The number of hydrogen-bond donors (Lipinski definition) is 1. The Bertz CT molecular complexity index is 634. The molecule has 3 rings (SSSR count). The van der Waals surface area contributed by atoms with Crippen LogP contribution in [0.4, 0.5) is 0 Å². The number of H-pyrrole nitrogens is 1. The molecule has 0 spiro atoms. The van der Waals surface area contributed by atoms with Gasteiger partial charge in [-0.2, -0.15) is 0 Å². The SMILES string of the molecule is CCc1cc(C(=O)N2CCOC[C@@H]2c2ncc(C)[nH]2)no1. The van der Waals surface area contributed by atoms with Crippen LogP contribution in [0.15, 0.2) is 16.8 Å². The van der Waals surface area contributed by atoms with Gasteiger partial charge in [-0.15, -0.1) is 0 Å². The number of carbonyl (C=O) groups is 1. The molecule has 1 N–H and O–H groups in total. The lowest BCUT2D eigenvalue weighted by Gasteiger charge is -2.33. The van der Waals surface area contributed by atoms with Crippen LogP contribution in [0.5, 0.6) is 0 Å². The van der Waals surface area contributed by atoms with E-state index in [1.807, 2.05) is 13.8 Å². The summed E-state index contributed by atoms with van der Waals surface area (Å²) in [5, 5.41) is 3.86. The molecule has 1 atom stereocenters. The van der Waals surface area contributed by atoms with Crippen LogP contribution in [-0.4, -0.2) is 45.7 Å². The Kier molecular flexibility index (Phi) is 3.74. The predicted molar refractivity (Wildman–Crippen MR) is 73.8 cm³/mol. The van der Waals surface area contributed by atoms with Gasteiger partial charge in [-0.1, -0.05) is 12.1 Å². The van der Waals surface area contributed by atoms with Crippen molar-refractivity contribution in [2.45, 2.75) is 26.3 Å². The summed E-state index contributed by atoms with van der Waals surface area (Å²) in [6, 6.07) is 1.48. The molecule has 1 amide bonds. The monoisotopic (exact) mass is 290 g/mol. The molecule has 7 nitrogen and oxygen atoms in total. The summed E-state index contributed by atoms with van der Waals surface area (Å²) in [4.78, 5) is 21.8. The van der Waals surface area contributed by atoms with Crippen molar-refractivity contribution in [2.24, 2.45) is 0 Å². The summed E-state index contributed by atoms with van der Waals surface area (Å²) in [6.45, 7) is 5.34. The minimum atomic E-state index is -0.221. The molecule has 112 valence electrons. The molecule has 1 aliphatic rings. The zero-order valence-corrected chi connectivity index (χ0v) is 12.1. The quantitative estimate of drug-likeness (QED) is 0.925. The highest BCUT2D eigenvalue weighted by Crippen LogP contribution is 2.24. The van der Waals surface area contributed by atoms with Gasteiger partial charge in [0.05, 0.1) is 13.2 Å². The maximum absolute atomic E-state index is 12.6. The summed E-state index contributed by atoms with van der Waals surface area (Å²) in [7, 11) is 0. The molecule has 1 aliphatic heterocycles. The lowest BCUT2D eigenvalue weighted by molar-refractivity contribution is -0.00550. The van der Waals surface area contributed by atoms with Crippen molar-refractivity contribution in [2.75, 3.05) is 19.8 Å². The average molecular weight is 290 g/mol. The standard InChI is InChI=1S/C14H18N4O3/c1-3-10-6-11(17-21-10)14(19)18-4-5-20-8-12(18)13-15-7-9(2)16-13/h6-7,12H,3-5,8H2,1-2H3,(H,15,16)/t12-/m1/s1. The fourth-order valence-corrected chi connectivity index (χ4v) is 2.40. The van der Waals surface area contributed by atoms with E-state index in [0.29, 0.717) is 37.6 Å². The van der Waals surface area contributed by atoms with Crippen LogP contribution < -0.4 is 0 Å². The van der Waals surface area contributed by atoms with Crippen molar-refractivity contribution in [3.8, 4) is 0 Å². The zero-order valence-electron chi connectivity index (χ0n) is 12.1. The predicted octanol–water partition coefficient (Wildman–Crippen LogP) is 1.48. The number of nitrogens with zero attached hydrogens (tertiary/aromatic N) is 3. The molecule has 1 saturated heterocycles. The maximum Gasteiger partial charge on any atom is 0.276 e. The zero-order chi connectivity index (χ0) is 14.8. The highest BCUT2D eigenvalue weighted by atomic mass is 16.5. The number of aryl methyl sites for hydroxylation is 2. The largest absolute Gasteiger partial charge is 0.377 e. The van der Waals surface area contributed by atoms with Gasteiger partial charge in [0.25, 0.3) is 5.91 Å². The summed E-state index contributed by atoms with van der Waals surface area (Å²) < 4.78 is 10.6. The van der Waals surface area contributed by atoms with E-state index in [4.69, 9.17) is 9.26 Å².